The van der Waals surface area contributed by atoms with Crippen molar-refractivity contribution < 1.29 is 9.84 Å². The van der Waals surface area contributed by atoms with Crippen LogP contribution in [0.25, 0.3) is 0 Å². The molecule has 0 saturated heterocycles. The molecule has 0 radical (unpaired) electrons. The van der Waals surface area contributed by atoms with Gasteiger partial charge in [-0.3, -0.25) is 0 Å². The highest BCUT2D eigenvalue weighted by molar-refractivity contribution is 6.36. The van der Waals surface area contributed by atoms with Crippen LogP contribution in [0.4, 0.5) is 0 Å². The average Bonchev–Trinajstić information content (AvgIpc) is 2.39. The van der Waals surface area contributed by atoms with Crippen LogP contribution in [0, 0.1) is 0 Å². The normalized spacial score (nSPS) is 12.2. The molecule has 0 aliphatic rings. The summed E-state index contributed by atoms with van der Waals surface area (Å²) >= 11 is 12.1. The summed E-state index contributed by atoms with van der Waals surface area (Å²) in [5.74, 6) is 0.786. The number of methoxy groups -OCH3 is 1. The molecule has 1 unspecified atom stereocenters. The average molecular weight is 297 g/mol. The second-order valence-corrected chi connectivity index (χ2v) is 5.02. The van der Waals surface area contributed by atoms with E-state index >= 15 is 0 Å². The van der Waals surface area contributed by atoms with Crippen LogP contribution in [0.5, 0.6) is 5.75 Å². The van der Waals surface area contributed by atoms with Crippen molar-refractivity contribution in [2.75, 3.05) is 7.11 Å². The number of aliphatic hydroxyl groups excluding tert-OH is 1. The summed E-state index contributed by atoms with van der Waals surface area (Å²) in [6.45, 7) is 0. The van der Waals surface area contributed by atoms with Crippen LogP contribution < -0.4 is 4.74 Å². The molecule has 0 saturated carbocycles. The Labute approximate surface area is 122 Å². The van der Waals surface area contributed by atoms with Crippen molar-refractivity contribution in [1.82, 2.24) is 0 Å². The Kier molecular flexibility index (Phi) is 4.70. The lowest BCUT2D eigenvalue weighted by atomic mass is 10.0. The van der Waals surface area contributed by atoms with E-state index < -0.39 is 6.10 Å². The lowest BCUT2D eigenvalue weighted by Crippen LogP contribution is -2.03. The largest absolute Gasteiger partial charge is 0.497 e. The molecule has 19 heavy (non-hydrogen) atoms. The molecule has 0 aliphatic heterocycles. The molecule has 2 rings (SSSR count). The molecular weight excluding hydrogens is 283 g/mol. The third kappa shape index (κ3) is 3.41. The summed E-state index contributed by atoms with van der Waals surface area (Å²) in [7, 11) is 1.62. The number of rotatable bonds is 4. The highest BCUT2D eigenvalue weighted by atomic mass is 35.5. The van der Waals surface area contributed by atoms with Gasteiger partial charge in [-0.2, -0.15) is 0 Å². The second-order valence-electron chi connectivity index (χ2n) is 4.20. The van der Waals surface area contributed by atoms with Crippen LogP contribution in [-0.4, -0.2) is 12.2 Å². The maximum absolute atomic E-state index is 10.3. The van der Waals surface area contributed by atoms with Gasteiger partial charge in [-0.15, -0.1) is 0 Å². The zero-order valence-electron chi connectivity index (χ0n) is 10.4. The third-order valence-corrected chi connectivity index (χ3v) is 3.58. The molecule has 4 heteroatoms. The summed E-state index contributed by atoms with van der Waals surface area (Å²) in [5, 5.41) is 11.2. The van der Waals surface area contributed by atoms with Crippen LogP contribution in [-0.2, 0) is 6.42 Å². The Morgan fingerprint density at radius 1 is 1.05 bits per heavy atom. The maximum atomic E-state index is 10.3. The Morgan fingerprint density at radius 3 is 2.16 bits per heavy atom. The van der Waals surface area contributed by atoms with Crippen LogP contribution in [0.3, 0.4) is 0 Å². The molecule has 0 fully saturated rings. The lowest BCUT2D eigenvalue weighted by Gasteiger charge is -2.14. The van der Waals surface area contributed by atoms with Crippen molar-refractivity contribution in [3.63, 3.8) is 0 Å². The van der Waals surface area contributed by atoms with Gasteiger partial charge in [0.2, 0.25) is 0 Å². The van der Waals surface area contributed by atoms with E-state index in [2.05, 4.69) is 0 Å². The van der Waals surface area contributed by atoms with Crippen molar-refractivity contribution >= 4 is 23.2 Å². The summed E-state index contributed by atoms with van der Waals surface area (Å²) in [6, 6.07) is 12.7. The van der Waals surface area contributed by atoms with Gasteiger partial charge in [0.1, 0.15) is 5.75 Å². The van der Waals surface area contributed by atoms with Crippen molar-refractivity contribution in [3.05, 3.63) is 63.6 Å². The van der Waals surface area contributed by atoms with Gasteiger partial charge >= 0.3 is 0 Å². The zero-order chi connectivity index (χ0) is 13.8. The minimum absolute atomic E-state index is 0.452. The van der Waals surface area contributed by atoms with Crippen LogP contribution >= 0.6 is 23.2 Å². The molecule has 2 aromatic rings. The SMILES string of the molecule is COc1ccc(CC(O)c2c(Cl)cccc2Cl)cc1. The van der Waals surface area contributed by atoms with E-state index in [0.717, 1.165) is 11.3 Å². The molecule has 100 valence electrons. The molecule has 0 aliphatic carbocycles. The molecule has 1 atom stereocenters. The minimum Gasteiger partial charge on any atom is -0.497 e. The van der Waals surface area contributed by atoms with Gasteiger partial charge < -0.3 is 9.84 Å². The van der Waals surface area contributed by atoms with Crippen molar-refractivity contribution in [2.45, 2.75) is 12.5 Å². The summed E-state index contributed by atoms with van der Waals surface area (Å²) in [4.78, 5) is 0. The lowest BCUT2D eigenvalue weighted by molar-refractivity contribution is 0.178. The van der Waals surface area contributed by atoms with Crippen LogP contribution in [0.15, 0.2) is 42.5 Å². The van der Waals surface area contributed by atoms with E-state index in [1.807, 2.05) is 24.3 Å². The van der Waals surface area contributed by atoms with Gasteiger partial charge in [0.15, 0.2) is 0 Å². The smallest absolute Gasteiger partial charge is 0.118 e. The van der Waals surface area contributed by atoms with Gasteiger partial charge in [-0.25, -0.2) is 0 Å². The number of ether oxygens (including phenoxy) is 1. The monoisotopic (exact) mass is 296 g/mol. The fourth-order valence-electron chi connectivity index (χ4n) is 1.92. The van der Waals surface area contributed by atoms with E-state index in [1.54, 1.807) is 25.3 Å². The molecule has 0 amide bonds. The molecule has 0 heterocycles. The Balaban J connectivity index is 2.18. The van der Waals surface area contributed by atoms with E-state index in [-0.39, 0.29) is 0 Å². The van der Waals surface area contributed by atoms with Crippen molar-refractivity contribution in [3.8, 4) is 5.75 Å². The minimum atomic E-state index is -0.727. The topological polar surface area (TPSA) is 29.5 Å². The summed E-state index contributed by atoms with van der Waals surface area (Å²) in [5.41, 5.74) is 1.56. The molecule has 2 nitrogen and oxygen atoms in total. The van der Waals surface area contributed by atoms with Gasteiger partial charge in [0.25, 0.3) is 0 Å². The maximum Gasteiger partial charge on any atom is 0.118 e. The summed E-state index contributed by atoms with van der Waals surface area (Å²) in [6.07, 6.45) is -0.275. The number of halogens is 2. The second kappa shape index (κ2) is 6.29. The van der Waals surface area contributed by atoms with E-state index in [9.17, 15) is 5.11 Å². The Morgan fingerprint density at radius 2 is 1.63 bits per heavy atom. The van der Waals surface area contributed by atoms with Crippen molar-refractivity contribution in [2.24, 2.45) is 0 Å². The fraction of sp³-hybridized carbons (Fsp3) is 0.200. The highest BCUT2D eigenvalue weighted by Crippen LogP contribution is 2.32. The van der Waals surface area contributed by atoms with Gasteiger partial charge in [0, 0.05) is 22.0 Å². The molecule has 2 aromatic carbocycles. The zero-order valence-corrected chi connectivity index (χ0v) is 11.9. The molecule has 0 spiro atoms. The summed E-state index contributed by atoms with van der Waals surface area (Å²) < 4.78 is 5.09. The van der Waals surface area contributed by atoms with Crippen molar-refractivity contribution in [1.29, 1.82) is 0 Å². The Hall–Kier alpha value is -1.22. The molecule has 0 aromatic heterocycles. The molecular formula is C15H14Cl2O2. The van der Waals surface area contributed by atoms with E-state index in [1.165, 1.54) is 0 Å². The standard InChI is InChI=1S/C15H14Cl2O2/c1-19-11-7-5-10(6-8-11)9-14(18)15-12(16)3-2-4-13(15)17/h2-8,14,18H,9H2,1H3. The van der Waals surface area contributed by atoms with Gasteiger partial charge in [-0.05, 0) is 29.8 Å². The van der Waals surface area contributed by atoms with E-state index in [4.69, 9.17) is 27.9 Å². The first-order chi connectivity index (χ1) is 9.11. The van der Waals surface area contributed by atoms with Gasteiger partial charge in [-0.1, -0.05) is 41.4 Å². The predicted octanol–water partition coefficient (Wildman–Crippen LogP) is 4.28. The molecule has 0 bridgehead atoms. The highest BCUT2D eigenvalue weighted by Gasteiger charge is 2.15. The number of hydrogen-bond donors (Lipinski definition) is 1. The number of aliphatic hydroxyl groups is 1. The number of benzene rings is 2. The van der Waals surface area contributed by atoms with Gasteiger partial charge in [0.05, 0.1) is 13.2 Å². The quantitative estimate of drug-likeness (QED) is 0.912. The first-order valence-corrected chi connectivity index (χ1v) is 6.62. The van der Waals surface area contributed by atoms with Crippen LogP contribution in [0.1, 0.15) is 17.2 Å². The number of hydrogen-bond acceptors (Lipinski definition) is 2. The van der Waals surface area contributed by atoms with Crippen LogP contribution in [0.2, 0.25) is 10.0 Å². The Bertz CT molecular complexity index is 532. The molecule has 1 N–H and O–H groups in total. The third-order valence-electron chi connectivity index (χ3n) is 2.92. The first kappa shape index (κ1) is 14.2. The first-order valence-electron chi connectivity index (χ1n) is 5.86. The van der Waals surface area contributed by atoms with E-state index in [0.29, 0.717) is 22.0 Å². The predicted molar refractivity (Wildman–Crippen MR) is 78.1 cm³/mol. The fourth-order valence-corrected chi connectivity index (χ4v) is 2.57.